The van der Waals surface area contributed by atoms with Crippen LogP contribution in [0.3, 0.4) is 0 Å². The maximum absolute atomic E-state index is 13.2. The number of ether oxygens (including phenoxy) is 5. The Morgan fingerprint density at radius 3 is 2.09 bits per heavy atom. The molecule has 5 rings (SSSR count). The number of nitrogens with one attached hydrogen (secondary N) is 2. The summed E-state index contributed by atoms with van der Waals surface area (Å²) >= 11 is 0. The van der Waals surface area contributed by atoms with Crippen LogP contribution >= 0.6 is 0 Å². The van der Waals surface area contributed by atoms with Gasteiger partial charge in [-0.1, -0.05) is 6.07 Å². The molecule has 2 fully saturated rings. The fraction of sp³-hybridized carbons (Fsp3) is 0.514. The molecule has 2 aromatic carbocycles. The minimum atomic E-state index is -1.11. The Balaban J connectivity index is 0.827. The molecule has 1 unspecified atom stereocenters. The molecule has 0 aliphatic carbocycles. The van der Waals surface area contributed by atoms with E-state index >= 15 is 0 Å². The van der Waals surface area contributed by atoms with Crippen LogP contribution in [0.1, 0.15) is 33.6 Å². The number of imide groups is 2. The molecule has 3 heterocycles. The lowest BCUT2D eigenvalue weighted by Crippen LogP contribution is -2.54. The average molecular weight is 756 g/mol. The van der Waals surface area contributed by atoms with Crippen molar-refractivity contribution < 1.29 is 52.6 Å². The van der Waals surface area contributed by atoms with Crippen LogP contribution < -0.4 is 21.3 Å². The molecule has 19 heteroatoms. The summed E-state index contributed by atoms with van der Waals surface area (Å²) in [5.41, 5.74) is 6.96. The number of nitrogen functional groups attached to an aromatic ring is 1. The summed E-state index contributed by atoms with van der Waals surface area (Å²) in [7, 11) is 0. The number of amides is 5. The van der Waals surface area contributed by atoms with Crippen LogP contribution in [0.5, 0.6) is 0 Å². The quantitative estimate of drug-likeness (QED) is 0.0515. The molecule has 5 amide bonds. The second-order valence-corrected chi connectivity index (χ2v) is 12.6. The first kappa shape index (κ1) is 40.1. The number of benzene rings is 2. The van der Waals surface area contributed by atoms with Gasteiger partial charge in [-0.2, -0.15) is 0 Å². The van der Waals surface area contributed by atoms with E-state index in [-0.39, 0.29) is 60.9 Å². The number of rotatable bonds is 21. The smallest absolute Gasteiger partial charge is 0.292 e. The van der Waals surface area contributed by atoms with Gasteiger partial charge in [0.05, 0.1) is 81.2 Å². The monoisotopic (exact) mass is 755 g/mol. The highest BCUT2D eigenvalue weighted by Gasteiger charge is 2.45. The molecule has 3 aliphatic heterocycles. The van der Waals surface area contributed by atoms with Crippen LogP contribution in [0.15, 0.2) is 36.4 Å². The molecule has 54 heavy (non-hydrogen) atoms. The zero-order valence-corrected chi connectivity index (χ0v) is 29.8. The normalized spacial score (nSPS) is 17.5. The number of nitro benzene ring substituents is 1. The molecule has 2 aromatic rings. The predicted molar refractivity (Wildman–Crippen MR) is 192 cm³/mol. The van der Waals surface area contributed by atoms with E-state index < -0.39 is 40.5 Å². The van der Waals surface area contributed by atoms with Crippen molar-refractivity contribution in [3.63, 3.8) is 0 Å². The van der Waals surface area contributed by atoms with Crippen molar-refractivity contribution in [2.45, 2.75) is 18.9 Å². The van der Waals surface area contributed by atoms with Crippen LogP contribution in [0.25, 0.3) is 0 Å². The minimum Gasteiger partial charge on any atom is -0.393 e. The molecular weight excluding hydrogens is 710 g/mol. The summed E-state index contributed by atoms with van der Waals surface area (Å²) in [5, 5.41) is 15.7. The standard InChI is InChI=1S/C35H45N7O12/c36-26-22-24(4-5-28(26)42(48)49)40-10-8-39(9-11-40)12-13-50-14-15-51-16-17-52-18-19-53-20-21-54-23-31(44)37-27-3-1-2-25-32(27)35(47)41(34(25)46)29-6-7-30(43)38-33(29)45/h1-5,22,29H,6-21,23,36H2,(H,37,44)(H,38,43,45). The lowest BCUT2D eigenvalue weighted by atomic mass is 10.0. The molecule has 0 radical (unpaired) electrons. The van der Waals surface area contributed by atoms with E-state index in [4.69, 9.17) is 29.4 Å². The Morgan fingerprint density at radius 2 is 1.48 bits per heavy atom. The largest absolute Gasteiger partial charge is 0.393 e. The number of anilines is 3. The molecule has 1 atom stereocenters. The van der Waals surface area contributed by atoms with E-state index in [1.807, 2.05) is 0 Å². The highest BCUT2D eigenvalue weighted by atomic mass is 16.6. The van der Waals surface area contributed by atoms with Crippen LogP contribution in [-0.4, -0.2) is 149 Å². The average Bonchev–Trinajstić information content (AvgIpc) is 3.40. The summed E-state index contributed by atoms with van der Waals surface area (Å²) < 4.78 is 27.5. The van der Waals surface area contributed by atoms with Gasteiger partial charge in [-0.25, -0.2) is 0 Å². The van der Waals surface area contributed by atoms with Crippen molar-refractivity contribution in [3.8, 4) is 0 Å². The number of nitrogens with zero attached hydrogens (tertiary/aromatic N) is 4. The van der Waals surface area contributed by atoms with Gasteiger partial charge in [-0.3, -0.25) is 49.2 Å². The number of nitrogens with two attached hydrogens (primary N) is 1. The first-order chi connectivity index (χ1) is 26.1. The first-order valence-electron chi connectivity index (χ1n) is 17.7. The van der Waals surface area contributed by atoms with Crippen molar-refractivity contribution in [2.75, 3.05) is 115 Å². The second kappa shape index (κ2) is 19.9. The third-order valence-electron chi connectivity index (χ3n) is 8.96. The molecular formula is C35H45N7O12. The van der Waals surface area contributed by atoms with Crippen molar-refractivity contribution >= 4 is 52.3 Å². The van der Waals surface area contributed by atoms with E-state index in [2.05, 4.69) is 20.4 Å². The number of piperazine rings is 1. The highest BCUT2D eigenvalue weighted by Crippen LogP contribution is 2.32. The molecule has 2 saturated heterocycles. The van der Waals surface area contributed by atoms with Gasteiger partial charge in [-0.05, 0) is 30.7 Å². The Morgan fingerprint density at radius 1 is 0.852 bits per heavy atom. The summed E-state index contributed by atoms with van der Waals surface area (Å²) in [6, 6.07) is 8.17. The SMILES string of the molecule is Nc1cc(N2CCN(CCOCCOCCOCCOCCOCC(=O)Nc3cccc4c3C(=O)N(C3CCC(=O)NC3=O)C4=O)CC2)ccc1[N+](=O)[O-]. The van der Waals surface area contributed by atoms with E-state index in [9.17, 15) is 34.1 Å². The number of carbonyl (C=O) groups is 5. The number of hydrogen-bond donors (Lipinski definition) is 3. The Kier molecular flexibility index (Phi) is 14.8. The zero-order valence-electron chi connectivity index (χ0n) is 29.8. The minimum absolute atomic E-state index is 0.00540. The van der Waals surface area contributed by atoms with E-state index in [1.165, 1.54) is 24.3 Å². The van der Waals surface area contributed by atoms with Crippen molar-refractivity contribution in [2.24, 2.45) is 0 Å². The number of fused-ring (bicyclic) bond motifs is 1. The Labute approximate surface area is 311 Å². The van der Waals surface area contributed by atoms with Crippen LogP contribution in [0, 0.1) is 10.1 Å². The van der Waals surface area contributed by atoms with Crippen molar-refractivity contribution in [1.29, 1.82) is 0 Å². The van der Waals surface area contributed by atoms with Crippen LogP contribution in [-0.2, 0) is 38.1 Å². The van der Waals surface area contributed by atoms with E-state index in [1.54, 1.807) is 12.1 Å². The van der Waals surface area contributed by atoms with Crippen molar-refractivity contribution in [1.82, 2.24) is 15.1 Å². The van der Waals surface area contributed by atoms with Gasteiger partial charge in [0.25, 0.3) is 17.5 Å². The molecule has 0 saturated carbocycles. The third-order valence-corrected chi connectivity index (χ3v) is 8.96. The number of nitro groups is 1. The molecule has 0 aromatic heterocycles. The summed E-state index contributed by atoms with van der Waals surface area (Å²) in [6.07, 6.45) is 0.0351. The molecule has 292 valence electrons. The van der Waals surface area contributed by atoms with Crippen molar-refractivity contribution in [3.05, 3.63) is 57.6 Å². The van der Waals surface area contributed by atoms with Crippen LogP contribution in [0.4, 0.5) is 22.7 Å². The van der Waals surface area contributed by atoms with E-state index in [0.29, 0.717) is 46.2 Å². The molecule has 0 spiro atoms. The molecule has 0 bridgehead atoms. The summed E-state index contributed by atoms with van der Waals surface area (Å²) in [5.74, 6) is -3.10. The molecule has 4 N–H and O–H groups in total. The number of hydrogen-bond acceptors (Lipinski definition) is 15. The van der Waals surface area contributed by atoms with Gasteiger partial charge in [0.1, 0.15) is 18.3 Å². The maximum Gasteiger partial charge on any atom is 0.292 e. The second-order valence-electron chi connectivity index (χ2n) is 12.6. The lowest BCUT2D eigenvalue weighted by molar-refractivity contribution is -0.383. The summed E-state index contributed by atoms with van der Waals surface area (Å²) in [6.45, 7) is 7.13. The number of carbonyl (C=O) groups excluding carboxylic acids is 5. The van der Waals surface area contributed by atoms with E-state index in [0.717, 1.165) is 43.3 Å². The van der Waals surface area contributed by atoms with Gasteiger partial charge in [0, 0.05) is 50.9 Å². The topological polar surface area (TPSA) is 234 Å². The third kappa shape index (κ3) is 10.8. The first-order valence-corrected chi connectivity index (χ1v) is 17.7. The van der Waals surface area contributed by atoms with Crippen LogP contribution in [0.2, 0.25) is 0 Å². The fourth-order valence-corrected chi connectivity index (χ4v) is 6.18. The van der Waals surface area contributed by atoms with Gasteiger partial charge < -0.3 is 39.6 Å². The van der Waals surface area contributed by atoms with Gasteiger partial charge in [0.2, 0.25) is 17.7 Å². The number of piperidine rings is 1. The maximum atomic E-state index is 13.2. The predicted octanol–water partition coefficient (Wildman–Crippen LogP) is 0.422. The fourth-order valence-electron chi connectivity index (χ4n) is 6.18. The molecule has 19 nitrogen and oxygen atoms in total. The molecule has 3 aliphatic rings. The van der Waals surface area contributed by atoms with Gasteiger partial charge in [0.15, 0.2) is 0 Å². The zero-order chi connectivity index (χ0) is 38.5. The Bertz CT molecular complexity index is 1680. The lowest BCUT2D eigenvalue weighted by Gasteiger charge is -2.36. The van der Waals surface area contributed by atoms with Gasteiger partial charge >= 0.3 is 0 Å². The summed E-state index contributed by atoms with van der Waals surface area (Å²) in [4.78, 5) is 78.2. The highest BCUT2D eigenvalue weighted by molar-refractivity contribution is 6.26. The Hall–Kier alpha value is -5.05. The van der Waals surface area contributed by atoms with Gasteiger partial charge in [-0.15, -0.1) is 0 Å².